The Hall–Kier alpha value is -6.43. The molecule has 23 heteroatoms. The van der Waals surface area contributed by atoms with Crippen LogP contribution in [0.15, 0.2) is 90.5 Å². The first-order chi connectivity index (χ1) is 31.6. The van der Waals surface area contributed by atoms with Crippen LogP contribution in [-0.4, -0.2) is 113 Å². The molecular formula is C43H50F2N8O12S. The normalized spacial score (nSPS) is 19.0. The molecule has 2 aliphatic rings. The number of hydrogen-bond donors (Lipinski definition) is 1. The van der Waals surface area contributed by atoms with E-state index in [-0.39, 0.29) is 18.0 Å². The molecule has 2 saturated heterocycles. The van der Waals surface area contributed by atoms with Gasteiger partial charge in [-0.2, -0.15) is 18.6 Å². The van der Waals surface area contributed by atoms with Crippen molar-refractivity contribution in [2.24, 2.45) is 5.92 Å². The van der Waals surface area contributed by atoms with E-state index < -0.39 is 76.9 Å². The first kappa shape index (κ1) is 47.5. The van der Waals surface area contributed by atoms with Crippen LogP contribution >= 0.6 is 0 Å². The number of carbonyl (C=O) groups excluding carboxylic acids is 2. The van der Waals surface area contributed by atoms with E-state index in [1.165, 1.54) is 47.3 Å². The molecule has 5 atom stereocenters. The van der Waals surface area contributed by atoms with Crippen LogP contribution in [0.25, 0.3) is 5.69 Å². The van der Waals surface area contributed by atoms with E-state index in [4.69, 9.17) is 28.2 Å². The van der Waals surface area contributed by atoms with Gasteiger partial charge in [-0.3, -0.25) is 9.35 Å². The molecule has 2 aliphatic heterocycles. The van der Waals surface area contributed by atoms with Gasteiger partial charge in [0.25, 0.3) is 0 Å². The Morgan fingerprint density at radius 1 is 0.909 bits per heavy atom. The van der Waals surface area contributed by atoms with Crippen LogP contribution in [0.5, 0.6) is 5.75 Å². The predicted molar refractivity (Wildman–Crippen MR) is 230 cm³/mol. The van der Waals surface area contributed by atoms with Crippen LogP contribution in [-0.2, 0) is 50.5 Å². The van der Waals surface area contributed by atoms with Crippen molar-refractivity contribution in [3.63, 3.8) is 0 Å². The van der Waals surface area contributed by atoms with E-state index in [0.717, 1.165) is 43.6 Å². The molecule has 2 aromatic heterocycles. The third-order valence-electron chi connectivity index (χ3n) is 11.3. The summed E-state index contributed by atoms with van der Waals surface area (Å²) in [4.78, 5) is 46.4. The molecule has 0 radical (unpaired) electrons. The summed E-state index contributed by atoms with van der Waals surface area (Å²) in [7, 11) is -4.72. The second-order valence-corrected chi connectivity index (χ2v) is 16.9. The molecule has 0 aliphatic carbocycles. The zero-order valence-corrected chi connectivity index (χ0v) is 37.2. The van der Waals surface area contributed by atoms with Crippen LogP contribution in [0.4, 0.5) is 25.0 Å². The minimum Gasteiger partial charge on any atom is -0.493 e. The van der Waals surface area contributed by atoms with Crippen LogP contribution in [0.3, 0.4) is 0 Å². The molecule has 5 aromatic rings. The molecule has 7 rings (SSSR count). The Labute approximate surface area is 378 Å². The van der Waals surface area contributed by atoms with E-state index in [1.807, 2.05) is 48.5 Å². The van der Waals surface area contributed by atoms with Gasteiger partial charge < -0.3 is 33.5 Å². The Morgan fingerprint density at radius 2 is 1.58 bits per heavy atom. The monoisotopic (exact) mass is 940 g/mol. The molecule has 3 aromatic carbocycles. The molecule has 66 heavy (non-hydrogen) atoms. The van der Waals surface area contributed by atoms with Crippen molar-refractivity contribution < 1.29 is 59.2 Å². The van der Waals surface area contributed by atoms with Crippen LogP contribution in [0.1, 0.15) is 51.6 Å². The largest absolute Gasteiger partial charge is 0.511 e. The zero-order chi connectivity index (χ0) is 47.0. The number of esters is 1. The number of ether oxygens (including phenoxy) is 5. The second-order valence-electron chi connectivity index (χ2n) is 15.8. The molecule has 0 spiro atoms. The number of anilines is 2. The van der Waals surface area contributed by atoms with Crippen molar-refractivity contribution in [2.75, 3.05) is 55.8 Å². The lowest BCUT2D eigenvalue weighted by Gasteiger charge is -2.37. The molecule has 2 fully saturated rings. The summed E-state index contributed by atoms with van der Waals surface area (Å²) in [6.45, 7) is 7.88. The Kier molecular flexibility index (Phi) is 15.0. The fourth-order valence-corrected chi connectivity index (χ4v) is 8.41. The SMILES string of the molecule is CC[C@@H](C(C)OC(=O)OC(C)OC(=O)CCOS(=O)(=O)O)n1ncn(-c2ccc(N3CCN(c4ccc(OC[C@@H]5CO[C@@](Cn6cncn6)(c6ccc(F)cc6F)C5)cc4)CC3)cc2)c1=O. The Morgan fingerprint density at radius 3 is 2.20 bits per heavy atom. The first-order valence-electron chi connectivity index (χ1n) is 21.2. The quantitative estimate of drug-likeness (QED) is 0.0665. The number of aromatic nitrogens is 6. The van der Waals surface area contributed by atoms with Crippen molar-refractivity contribution in [1.29, 1.82) is 0 Å². The second kappa shape index (κ2) is 20.8. The van der Waals surface area contributed by atoms with Crippen molar-refractivity contribution in [3.05, 3.63) is 113 Å². The van der Waals surface area contributed by atoms with Crippen LogP contribution < -0.4 is 20.2 Å². The fourth-order valence-electron chi connectivity index (χ4n) is 8.12. The van der Waals surface area contributed by atoms with Crippen molar-refractivity contribution >= 4 is 33.9 Å². The highest BCUT2D eigenvalue weighted by Gasteiger charge is 2.45. The number of benzene rings is 3. The number of hydrogen-bond acceptors (Lipinski definition) is 16. The van der Waals surface area contributed by atoms with Gasteiger partial charge in [0.15, 0.2) is 0 Å². The van der Waals surface area contributed by atoms with Crippen molar-refractivity contribution in [1.82, 2.24) is 29.1 Å². The molecular weight excluding hydrogens is 891 g/mol. The smallest absolute Gasteiger partial charge is 0.493 e. The highest BCUT2D eigenvalue weighted by molar-refractivity contribution is 7.80. The van der Waals surface area contributed by atoms with Gasteiger partial charge in [0.1, 0.15) is 48.1 Å². The minimum absolute atomic E-state index is 0.0539. The lowest BCUT2D eigenvalue weighted by atomic mass is 9.87. The molecule has 4 heterocycles. The summed E-state index contributed by atoms with van der Waals surface area (Å²) in [5.74, 6) is -1.65. The third-order valence-corrected chi connectivity index (χ3v) is 11.8. The van der Waals surface area contributed by atoms with Crippen molar-refractivity contribution in [2.45, 2.75) is 70.6 Å². The van der Waals surface area contributed by atoms with Gasteiger partial charge in [0, 0.05) is 62.0 Å². The average molecular weight is 941 g/mol. The van der Waals surface area contributed by atoms with Gasteiger partial charge in [-0.05, 0) is 74.4 Å². The van der Waals surface area contributed by atoms with E-state index in [1.54, 1.807) is 18.5 Å². The maximum absolute atomic E-state index is 15.0. The highest BCUT2D eigenvalue weighted by atomic mass is 32.3. The molecule has 20 nitrogen and oxygen atoms in total. The topological polar surface area (TPSA) is 221 Å². The van der Waals surface area contributed by atoms with E-state index in [0.29, 0.717) is 37.5 Å². The number of carbonyl (C=O) groups is 2. The number of piperazine rings is 1. The van der Waals surface area contributed by atoms with Gasteiger partial charge in [0.2, 0.25) is 6.29 Å². The van der Waals surface area contributed by atoms with Crippen molar-refractivity contribution in [3.8, 4) is 11.4 Å². The van der Waals surface area contributed by atoms with E-state index in [2.05, 4.69) is 29.2 Å². The van der Waals surface area contributed by atoms with Gasteiger partial charge in [-0.25, -0.2) is 41.5 Å². The Balaban J connectivity index is 0.870. The summed E-state index contributed by atoms with van der Waals surface area (Å²) < 4.78 is 94.5. The minimum atomic E-state index is -4.72. The van der Waals surface area contributed by atoms with Gasteiger partial charge >= 0.3 is 28.2 Å². The van der Waals surface area contributed by atoms with Crippen LogP contribution in [0.2, 0.25) is 0 Å². The Bertz CT molecular complexity index is 2590. The molecule has 0 amide bonds. The van der Waals surface area contributed by atoms with Gasteiger partial charge in [-0.1, -0.05) is 13.0 Å². The summed E-state index contributed by atoms with van der Waals surface area (Å²) in [5.41, 5.74) is 1.39. The summed E-state index contributed by atoms with van der Waals surface area (Å²) in [6.07, 6.45) is 1.14. The first-order valence-corrected chi connectivity index (χ1v) is 22.6. The average Bonchev–Trinajstić information content (AvgIpc) is 4.04. The lowest BCUT2D eigenvalue weighted by Crippen LogP contribution is -2.46. The molecule has 2 unspecified atom stereocenters. The maximum Gasteiger partial charge on any atom is 0.511 e. The zero-order valence-electron chi connectivity index (χ0n) is 36.4. The van der Waals surface area contributed by atoms with E-state index in [9.17, 15) is 27.2 Å². The number of nitrogens with zero attached hydrogens (tertiary/aromatic N) is 8. The number of halogens is 2. The van der Waals surface area contributed by atoms with Gasteiger partial charge in [-0.15, -0.1) is 0 Å². The van der Waals surface area contributed by atoms with Gasteiger partial charge in [0.05, 0.1) is 44.5 Å². The highest BCUT2D eigenvalue weighted by Crippen LogP contribution is 2.42. The molecule has 1 N–H and O–H groups in total. The van der Waals surface area contributed by atoms with Crippen LogP contribution in [0, 0.1) is 17.6 Å². The summed E-state index contributed by atoms with van der Waals surface area (Å²) >= 11 is 0. The molecule has 0 bridgehead atoms. The lowest BCUT2D eigenvalue weighted by molar-refractivity contribution is -0.169. The molecule has 354 valence electrons. The predicted octanol–water partition coefficient (Wildman–Crippen LogP) is 4.83. The molecule has 0 saturated carbocycles. The standard InChI is InChI=1S/C43H50F2N8O12S/c1-4-39(29(2)63-42(56)65-30(3)64-40(54)15-20-62-66(57,58)59)53-41(55)52(28-48-53)35-8-6-33(7-9-35)49-16-18-50(19-17-49)34-10-12-36(13-11-34)60-23-31-22-43(61-24-31,25-51-27-46-26-47-51)37-14-5-32(44)21-38(37)45/h5-14,21,26-31,39H,4,15-20,22-25H2,1-3H3,(H,57,58,59)/t29?,30?,31-,39+,43+/m1/s1. The fraction of sp³-hybridized carbons (Fsp3) is 0.442. The van der Waals surface area contributed by atoms with E-state index >= 15 is 4.39 Å². The third kappa shape index (κ3) is 11.9. The maximum atomic E-state index is 15.0. The summed E-state index contributed by atoms with van der Waals surface area (Å²) in [6, 6.07) is 18.3. The number of rotatable bonds is 19. The summed E-state index contributed by atoms with van der Waals surface area (Å²) in [5, 5.41) is 8.47.